The molecule has 0 radical (unpaired) electrons. The molecule has 0 spiro atoms. The van der Waals surface area contributed by atoms with Gasteiger partial charge in [-0.1, -0.05) is 18.6 Å². The van der Waals surface area contributed by atoms with E-state index in [1.165, 1.54) is 10.7 Å². The number of aryl methyl sites for hydroxylation is 1. The van der Waals surface area contributed by atoms with Gasteiger partial charge in [0.05, 0.1) is 4.90 Å². The van der Waals surface area contributed by atoms with Crippen LogP contribution in [0.3, 0.4) is 0 Å². The smallest absolute Gasteiger partial charge is 0.243 e. The van der Waals surface area contributed by atoms with Gasteiger partial charge in [-0.15, -0.1) is 0 Å². The van der Waals surface area contributed by atoms with Gasteiger partial charge in [-0.2, -0.15) is 4.31 Å². The highest BCUT2D eigenvalue weighted by molar-refractivity contribution is 7.89. The van der Waals surface area contributed by atoms with Crippen molar-refractivity contribution in [1.29, 1.82) is 0 Å². The zero-order valence-electron chi connectivity index (χ0n) is 18.3. The summed E-state index contributed by atoms with van der Waals surface area (Å²) in [6.45, 7) is 9.43. The normalized spacial score (nSPS) is 21.2. The maximum absolute atomic E-state index is 13.4. The van der Waals surface area contributed by atoms with Crippen LogP contribution in [-0.4, -0.2) is 86.8 Å². The van der Waals surface area contributed by atoms with Crippen molar-refractivity contribution < 1.29 is 13.2 Å². The van der Waals surface area contributed by atoms with Gasteiger partial charge in [-0.25, -0.2) is 8.42 Å². The number of likely N-dealkylation sites (tertiary alicyclic amines) is 1. The van der Waals surface area contributed by atoms with Crippen LogP contribution in [-0.2, 0) is 14.8 Å². The standard InChI is InChI=1S/C22H36N4O3S/c1-19-6-5-8-21(18-19)30(28,29)26(17-16-24-12-4-3-7-20(24)2)13-9-22(27)25-14-10-23-11-15-25/h5-6,8,18,20,23H,3-4,7,9-17H2,1-2H3/t20-/m1/s1. The van der Waals surface area contributed by atoms with Crippen molar-refractivity contribution in [3.63, 3.8) is 0 Å². The average Bonchev–Trinajstić information content (AvgIpc) is 2.75. The molecular weight excluding hydrogens is 400 g/mol. The largest absolute Gasteiger partial charge is 0.340 e. The molecule has 0 aliphatic carbocycles. The lowest BCUT2D eigenvalue weighted by Gasteiger charge is -2.35. The first-order valence-electron chi connectivity index (χ1n) is 11.2. The van der Waals surface area contributed by atoms with Gasteiger partial charge in [0, 0.05) is 58.3 Å². The number of carbonyl (C=O) groups excluding carboxylic acids is 1. The lowest BCUT2D eigenvalue weighted by atomic mass is 10.0. The summed E-state index contributed by atoms with van der Waals surface area (Å²) >= 11 is 0. The summed E-state index contributed by atoms with van der Waals surface area (Å²) < 4.78 is 28.3. The molecule has 168 valence electrons. The van der Waals surface area contributed by atoms with Crippen molar-refractivity contribution in [2.24, 2.45) is 0 Å². The molecule has 0 aromatic heterocycles. The molecule has 1 aromatic rings. The number of amides is 1. The Kier molecular flexibility index (Phi) is 8.27. The summed E-state index contributed by atoms with van der Waals surface area (Å²) in [5.41, 5.74) is 0.914. The molecule has 1 aromatic carbocycles. The summed E-state index contributed by atoms with van der Waals surface area (Å²) in [6.07, 6.45) is 3.78. The number of sulfonamides is 1. The van der Waals surface area contributed by atoms with Gasteiger partial charge in [-0.3, -0.25) is 9.69 Å². The summed E-state index contributed by atoms with van der Waals surface area (Å²) in [7, 11) is -3.64. The lowest BCUT2D eigenvalue weighted by Crippen LogP contribution is -2.48. The second-order valence-electron chi connectivity index (χ2n) is 8.48. The van der Waals surface area contributed by atoms with E-state index >= 15 is 0 Å². The third kappa shape index (κ3) is 6.03. The number of hydrogen-bond acceptors (Lipinski definition) is 5. The summed E-state index contributed by atoms with van der Waals surface area (Å²) in [5, 5.41) is 3.24. The molecule has 0 saturated carbocycles. The van der Waals surface area contributed by atoms with E-state index in [0.29, 0.717) is 37.1 Å². The predicted molar refractivity (Wildman–Crippen MR) is 119 cm³/mol. The Morgan fingerprint density at radius 3 is 2.63 bits per heavy atom. The van der Waals surface area contributed by atoms with Crippen molar-refractivity contribution >= 4 is 15.9 Å². The van der Waals surface area contributed by atoms with E-state index in [4.69, 9.17) is 0 Å². The van der Waals surface area contributed by atoms with Crippen LogP contribution in [0.25, 0.3) is 0 Å². The number of nitrogens with one attached hydrogen (secondary N) is 1. The minimum Gasteiger partial charge on any atom is -0.340 e. The van der Waals surface area contributed by atoms with Crippen molar-refractivity contribution in [2.45, 2.75) is 50.5 Å². The topological polar surface area (TPSA) is 73.0 Å². The average molecular weight is 437 g/mol. The van der Waals surface area contributed by atoms with Gasteiger partial charge in [-0.05, 0) is 50.9 Å². The number of benzene rings is 1. The molecule has 2 fully saturated rings. The monoisotopic (exact) mass is 436 g/mol. The summed E-state index contributed by atoms with van der Waals surface area (Å²) in [5.74, 6) is 0.0345. The minimum absolute atomic E-state index is 0.0345. The van der Waals surface area contributed by atoms with Gasteiger partial charge < -0.3 is 10.2 Å². The van der Waals surface area contributed by atoms with Crippen LogP contribution < -0.4 is 5.32 Å². The van der Waals surface area contributed by atoms with Crippen molar-refractivity contribution in [1.82, 2.24) is 19.4 Å². The number of nitrogens with zero attached hydrogens (tertiary/aromatic N) is 3. The molecule has 3 rings (SSSR count). The van der Waals surface area contributed by atoms with Crippen LogP contribution in [0.4, 0.5) is 0 Å². The molecule has 2 saturated heterocycles. The molecular formula is C22H36N4O3S. The highest BCUT2D eigenvalue weighted by Crippen LogP contribution is 2.20. The van der Waals surface area contributed by atoms with Gasteiger partial charge in [0.15, 0.2) is 0 Å². The van der Waals surface area contributed by atoms with Gasteiger partial charge in [0.1, 0.15) is 0 Å². The van der Waals surface area contributed by atoms with Crippen molar-refractivity contribution in [3.05, 3.63) is 29.8 Å². The van der Waals surface area contributed by atoms with E-state index in [1.54, 1.807) is 18.2 Å². The summed E-state index contributed by atoms with van der Waals surface area (Å²) in [6, 6.07) is 7.51. The second kappa shape index (κ2) is 10.7. The fourth-order valence-corrected chi connectivity index (χ4v) is 5.84. The molecule has 2 aliphatic rings. The van der Waals surface area contributed by atoms with E-state index in [9.17, 15) is 13.2 Å². The highest BCUT2D eigenvalue weighted by Gasteiger charge is 2.28. The molecule has 2 aliphatic heterocycles. The van der Waals surface area contributed by atoms with E-state index in [2.05, 4.69) is 17.1 Å². The van der Waals surface area contributed by atoms with E-state index in [1.807, 2.05) is 17.9 Å². The molecule has 8 heteroatoms. The van der Waals surface area contributed by atoms with Crippen LogP contribution in [0, 0.1) is 6.92 Å². The Hall–Kier alpha value is -1.48. The molecule has 7 nitrogen and oxygen atoms in total. The van der Waals surface area contributed by atoms with Crippen molar-refractivity contribution in [2.75, 3.05) is 52.4 Å². The third-order valence-electron chi connectivity index (χ3n) is 6.25. The number of rotatable bonds is 8. The zero-order valence-corrected chi connectivity index (χ0v) is 19.2. The first-order chi connectivity index (χ1) is 14.4. The van der Waals surface area contributed by atoms with Crippen molar-refractivity contribution in [3.8, 4) is 0 Å². The maximum Gasteiger partial charge on any atom is 0.243 e. The van der Waals surface area contributed by atoms with Crippen LogP contribution in [0.2, 0.25) is 0 Å². The quantitative estimate of drug-likeness (QED) is 0.671. The minimum atomic E-state index is -3.64. The first kappa shape index (κ1) is 23.2. The Labute approximate surface area is 181 Å². The number of hydrogen-bond donors (Lipinski definition) is 1. The Balaban J connectivity index is 1.70. The zero-order chi connectivity index (χ0) is 21.6. The first-order valence-corrected chi connectivity index (χ1v) is 12.6. The predicted octanol–water partition coefficient (Wildman–Crippen LogP) is 1.68. The summed E-state index contributed by atoms with van der Waals surface area (Å²) in [4.78, 5) is 17.2. The molecule has 0 unspecified atom stereocenters. The van der Waals surface area contributed by atoms with Crippen LogP contribution >= 0.6 is 0 Å². The van der Waals surface area contributed by atoms with E-state index in [-0.39, 0.29) is 18.9 Å². The number of carbonyl (C=O) groups is 1. The third-order valence-corrected chi connectivity index (χ3v) is 8.14. The highest BCUT2D eigenvalue weighted by atomic mass is 32.2. The van der Waals surface area contributed by atoms with Crippen LogP contribution in [0.5, 0.6) is 0 Å². The molecule has 2 heterocycles. The van der Waals surface area contributed by atoms with Crippen LogP contribution in [0.1, 0.15) is 38.2 Å². The molecule has 1 atom stereocenters. The number of piperidine rings is 1. The maximum atomic E-state index is 13.4. The Morgan fingerprint density at radius 1 is 1.17 bits per heavy atom. The van der Waals surface area contributed by atoms with E-state index < -0.39 is 10.0 Å². The van der Waals surface area contributed by atoms with Crippen LogP contribution in [0.15, 0.2) is 29.2 Å². The molecule has 1 amide bonds. The van der Waals surface area contributed by atoms with Gasteiger partial charge in [0.25, 0.3) is 0 Å². The molecule has 0 bridgehead atoms. The fraction of sp³-hybridized carbons (Fsp3) is 0.682. The molecule has 30 heavy (non-hydrogen) atoms. The fourth-order valence-electron chi connectivity index (χ4n) is 4.30. The Bertz CT molecular complexity index is 808. The Morgan fingerprint density at radius 2 is 1.93 bits per heavy atom. The number of piperazine rings is 1. The lowest BCUT2D eigenvalue weighted by molar-refractivity contribution is -0.131. The molecule has 1 N–H and O–H groups in total. The van der Waals surface area contributed by atoms with E-state index in [0.717, 1.165) is 38.0 Å². The SMILES string of the molecule is Cc1cccc(S(=O)(=O)N(CCC(=O)N2CCNCC2)CCN2CCCC[C@H]2C)c1. The van der Waals surface area contributed by atoms with Gasteiger partial charge >= 0.3 is 0 Å². The van der Waals surface area contributed by atoms with Gasteiger partial charge in [0.2, 0.25) is 15.9 Å². The second-order valence-corrected chi connectivity index (χ2v) is 10.4.